The molecule has 0 aliphatic heterocycles. The van der Waals surface area contributed by atoms with E-state index < -0.39 is 12.7 Å². The predicted octanol–water partition coefficient (Wildman–Crippen LogP) is 1.27. The molecule has 0 unspecified atom stereocenters. The van der Waals surface area contributed by atoms with Gasteiger partial charge in [0.25, 0.3) is 0 Å². The van der Waals surface area contributed by atoms with Crippen LogP contribution in [0.2, 0.25) is 0 Å². The number of hydrogen-bond donors (Lipinski definition) is 2. The average Bonchev–Trinajstić information content (AvgIpc) is 2.26. The standard InChI is InChI=1S/C9H15F3N6/c1-3-18(4-2)8-16-6(13)15-7(17-8)14-5-9(10,11)12/h3-5H2,1-2H3,(H3,13,14,15,16,17). The molecule has 18 heavy (non-hydrogen) atoms. The summed E-state index contributed by atoms with van der Waals surface area (Å²) in [6.07, 6.45) is -4.34. The molecule has 0 atom stereocenters. The number of alkyl halides is 3. The fourth-order valence-electron chi connectivity index (χ4n) is 1.29. The zero-order chi connectivity index (χ0) is 13.8. The first-order valence-electron chi connectivity index (χ1n) is 5.42. The normalized spacial score (nSPS) is 11.4. The van der Waals surface area contributed by atoms with Gasteiger partial charge in [-0.05, 0) is 13.8 Å². The molecule has 3 N–H and O–H groups in total. The summed E-state index contributed by atoms with van der Waals surface area (Å²) in [6.45, 7) is 3.80. The summed E-state index contributed by atoms with van der Waals surface area (Å²) in [7, 11) is 0. The summed E-state index contributed by atoms with van der Waals surface area (Å²) in [5.41, 5.74) is 5.44. The largest absolute Gasteiger partial charge is 0.405 e. The van der Waals surface area contributed by atoms with Crippen molar-refractivity contribution in [1.29, 1.82) is 0 Å². The Morgan fingerprint density at radius 2 is 1.78 bits per heavy atom. The highest BCUT2D eigenvalue weighted by Gasteiger charge is 2.27. The Labute approximate surface area is 102 Å². The zero-order valence-electron chi connectivity index (χ0n) is 10.1. The minimum atomic E-state index is -4.34. The lowest BCUT2D eigenvalue weighted by Crippen LogP contribution is -2.27. The Kier molecular flexibility index (Phi) is 4.51. The number of anilines is 3. The summed E-state index contributed by atoms with van der Waals surface area (Å²) < 4.78 is 36.2. The summed E-state index contributed by atoms with van der Waals surface area (Å²) >= 11 is 0. The molecule has 1 rings (SSSR count). The Balaban J connectivity index is 2.87. The van der Waals surface area contributed by atoms with Gasteiger partial charge in [0.15, 0.2) is 0 Å². The smallest absolute Gasteiger partial charge is 0.368 e. The van der Waals surface area contributed by atoms with Gasteiger partial charge in [-0.15, -0.1) is 0 Å². The van der Waals surface area contributed by atoms with Crippen molar-refractivity contribution in [2.24, 2.45) is 0 Å². The number of hydrogen-bond acceptors (Lipinski definition) is 6. The summed E-state index contributed by atoms with van der Waals surface area (Å²) in [4.78, 5) is 13.1. The Hall–Kier alpha value is -1.80. The van der Waals surface area contributed by atoms with Gasteiger partial charge in [0.2, 0.25) is 17.8 Å². The Bertz CT molecular complexity index is 390. The number of nitrogens with two attached hydrogens (primary N) is 1. The third-order valence-corrected chi connectivity index (χ3v) is 2.13. The molecule has 0 radical (unpaired) electrons. The van der Waals surface area contributed by atoms with E-state index >= 15 is 0 Å². The molecule has 0 fully saturated rings. The number of halogens is 3. The van der Waals surface area contributed by atoms with Crippen molar-refractivity contribution >= 4 is 17.8 Å². The third kappa shape index (κ3) is 4.22. The van der Waals surface area contributed by atoms with Crippen LogP contribution in [0.4, 0.5) is 31.0 Å². The van der Waals surface area contributed by atoms with Crippen LogP contribution in [-0.4, -0.2) is 40.8 Å². The van der Waals surface area contributed by atoms with Crippen molar-refractivity contribution in [3.05, 3.63) is 0 Å². The van der Waals surface area contributed by atoms with Gasteiger partial charge in [0, 0.05) is 13.1 Å². The SMILES string of the molecule is CCN(CC)c1nc(N)nc(NCC(F)(F)F)n1. The van der Waals surface area contributed by atoms with Gasteiger partial charge in [-0.25, -0.2) is 0 Å². The van der Waals surface area contributed by atoms with Crippen LogP contribution in [0.25, 0.3) is 0 Å². The molecular formula is C9H15F3N6. The Morgan fingerprint density at radius 3 is 2.28 bits per heavy atom. The molecule has 0 bridgehead atoms. The molecule has 0 saturated carbocycles. The highest BCUT2D eigenvalue weighted by atomic mass is 19.4. The molecular weight excluding hydrogens is 249 g/mol. The third-order valence-electron chi connectivity index (χ3n) is 2.13. The summed E-state index contributed by atoms with van der Waals surface area (Å²) in [5, 5.41) is 2.07. The molecule has 0 amide bonds. The van der Waals surface area contributed by atoms with Gasteiger partial charge >= 0.3 is 6.18 Å². The van der Waals surface area contributed by atoms with Crippen molar-refractivity contribution in [1.82, 2.24) is 15.0 Å². The van der Waals surface area contributed by atoms with E-state index in [0.717, 1.165) is 0 Å². The number of nitrogen functional groups attached to an aromatic ring is 1. The molecule has 9 heteroatoms. The molecule has 0 spiro atoms. The van der Waals surface area contributed by atoms with E-state index in [1.54, 1.807) is 4.90 Å². The number of nitrogens with one attached hydrogen (secondary N) is 1. The second-order valence-corrected chi connectivity index (χ2v) is 3.46. The average molecular weight is 264 g/mol. The first kappa shape index (κ1) is 14.3. The molecule has 0 aromatic carbocycles. The van der Waals surface area contributed by atoms with Crippen LogP contribution in [0, 0.1) is 0 Å². The topological polar surface area (TPSA) is 80.0 Å². The van der Waals surface area contributed by atoms with Crippen LogP contribution in [0.5, 0.6) is 0 Å². The second kappa shape index (κ2) is 5.69. The van der Waals surface area contributed by atoms with Gasteiger partial charge < -0.3 is 16.0 Å². The lowest BCUT2D eigenvalue weighted by Gasteiger charge is -2.19. The predicted molar refractivity (Wildman–Crippen MR) is 62.3 cm³/mol. The second-order valence-electron chi connectivity index (χ2n) is 3.46. The first-order chi connectivity index (χ1) is 8.35. The maximum Gasteiger partial charge on any atom is 0.405 e. The molecule has 6 nitrogen and oxygen atoms in total. The lowest BCUT2D eigenvalue weighted by molar-refractivity contribution is -0.115. The first-order valence-corrected chi connectivity index (χ1v) is 5.42. The van der Waals surface area contributed by atoms with E-state index in [4.69, 9.17) is 5.73 Å². The fraction of sp³-hybridized carbons (Fsp3) is 0.667. The van der Waals surface area contributed by atoms with Crippen LogP contribution in [0.3, 0.4) is 0 Å². The van der Waals surface area contributed by atoms with E-state index in [9.17, 15) is 13.2 Å². The van der Waals surface area contributed by atoms with Crippen molar-refractivity contribution in [3.8, 4) is 0 Å². The van der Waals surface area contributed by atoms with E-state index in [1.165, 1.54) is 0 Å². The van der Waals surface area contributed by atoms with Crippen LogP contribution in [-0.2, 0) is 0 Å². The van der Waals surface area contributed by atoms with E-state index in [1.807, 2.05) is 13.8 Å². The lowest BCUT2D eigenvalue weighted by atomic mass is 10.5. The fourth-order valence-corrected chi connectivity index (χ4v) is 1.29. The molecule has 1 aromatic rings. The number of aromatic nitrogens is 3. The van der Waals surface area contributed by atoms with Crippen molar-refractivity contribution in [2.45, 2.75) is 20.0 Å². The van der Waals surface area contributed by atoms with Crippen molar-refractivity contribution in [3.63, 3.8) is 0 Å². The van der Waals surface area contributed by atoms with E-state index in [0.29, 0.717) is 13.1 Å². The summed E-state index contributed by atoms with van der Waals surface area (Å²) in [5.74, 6) is -0.0320. The minimum Gasteiger partial charge on any atom is -0.368 e. The maximum atomic E-state index is 12.1. The zero-order valence-corrected chi connectivity index (χ0v) is 10.1. The van der Waals surface area contributed by atoms with E-state index in [-0.39, 0.29) is 17.8 Å². The molecule has 1 aromatic heterocycles. The molecule has 102 valence electrons. The minimum absolute atomic E-state index is 0.114. The van der Waals surface area contributed by atoms with Crippen LogP contribution >= 0.6 is 0 Å². The maximum absolute atomic E-state index is 12.1. The van der Waals surface area contributed by atoms with Crippen LogP contribution < -0.4 is 16.0 Å². The summed E-state index contributed by atoms with van der Waals surface area (Å²) in [6, 6.07) is 0. The van der Waals surface area contributed by atoms with Gasteiger partial charge in [0.1, 0.15) is 6.54 Å². The van der Waals surface area contributed by atoms with E-state index in [2.05, 4.69) is 20.3 Å². The molecule has 1 heterocycles. The molecule has 0 saturated heterocycles. The quantitative estimate of drug-likeness (QED) is 0.833. The van der Waals surface area contributed by atoms with Crippen LogP contribution in [0.1, 0.15) is 13.8 Å². The highest BCUT2D eigenvalue weighted by molar-refractivity contribution is 5.41. The van der Waals surface area contributed by atoms with Crippen molar-refractivity contribution < 1.29 is 13.2 Å². The van der Waals surface area contributed by atoms with Gasteiger partial charge in [0.05, 0.1) is 0 Å². The number of rotatable bonds is 5. The Morgan fingerprint density at radius 1 is 1.17 bits per heavy atom. The van der Waals surface area contributed by atoms with Gasteiger partial charge in [-0.2, -0.15) is 28.1 Å². The monoisotopic (exact) mass is 264 g/mol. The van der Waals surface area contributed by atoms with Crippen LogP contribution in [0.15, 0.2) is 0 Å². The number of nitrogens with zero attached hydrogens (tertiary/aromatic N) is 4. The van der Waals surface area contributed by atoms with Gasteiger partial charge in [-0.1, -0.05) is 0 Å². The molecule has 0 aliphatic rings. The van der Waals surface area contributed by atoms with Crippen molar-refractivity contribution in [2.75, 3.05) is 35.6 Å². The molecule has 0 aliphatic carbocycles. The van der Waals surface area contributed by atoms with Gasteiger partial charge in [-0.3, -0.25) is 0 Å². The highest BCUT2D eigenvalue weighted by Crippen LogP contribution is 2.16.